The van der Waals surface area contributed by atoms with Gasteiger partial charge in [-0.25, -0.2) is 0 Å². The molecular formula is C12H22N2O2. The van der Waals surface area contributed by atoms with Crippen LogP contribution in [0.15, 0.2) is 0 Å². The Labute approximate surface area is 97.1 Å². The third kappa shape index (κ3) is 2.38. The lowest BCUT2D eigenvalue weighted by Crippen LogP contribution is -2.50. The summed E-state index contributed by atoms with van der Waals surface area (Å²) >= 11 is 0. The Balaban J connectivity index is 1.90. The maximum absolute atomic E-state index is 12.2. The zero-order valence-electron chi connectivity index (χ0n) is 10.2. The molecule has 0 spiro atoms. The molecule has 0 aliphatic carbocycles. The first-order valence-corrected chi connectivity index (χ1v) is 6.27. The smallest absolute Gasteiger partial charge is 0.251 e. The molecule has 0 bridgehead atoms. The first-order chi connectivity index (χ1) is 7.58. The van der Waals surface area contributed by atoms with E-state index >= 15 is 0 Å². The Hall–Kier alpha value is -0.610. The maximum atomic E-state index is 12.2. The highest BCUT2D eigenvalue weighted by Crippen LogP contribution is 2.23. The summed E-state index contributed by atoms with van der Waals surface area (Å²) in [4.78, 5) is 14.1. The van der Waals surface area contributed by atoms with Crippen LogP contribution in [0.25, 0.3) is 0 Å². The van der Waals surface area contributed by atoms with Crippen LogP contribution in [0.1, 0.15) is 33.1 Å². The van der Waals surface area contributed by atoms with Crippen molar-refractivity contribution in [2.45, 2.75) is 51.4 Å². The number of amides is 1. The SMILES string of the molecule is CC1CCC(C(=O)N2CCC(N)C(C)C2)O1. The van der Waals surface area contributed by atoms with Crippen molar-refractivity contribution in [3.8, 4) is 0 Å². The summed E-state index contributed by atoms with van der Waals surface area (Å²) in [5.74, 6) is 0.569. The summed E-state index contributed by atoms with van der Waals surface area (Å²) in [6.45, 7) is 5.72. The van der Waals surface area contributed by atoms with Crippen molar-refractivity contribution < 1.29 is 9.53 Å². The van der Waals surface area contributed by atoms with E-state index in [0.29, 0.717) is 5.92 Å². The predicted octanol–water partition coefficient (Wildman–Crippen LogP) is 0.750. The summed E-state index contributed by atoms with van der Waals surface area (Å²) in [6, 6.07) is 0.243. The van der Waals surface area contributed by atoms with Crippen LogP contribution < -0.4 is 5.73 Å². The molecule has 0 aromatic heterocycles. The van der Waals surface area contributed by atoms with Gasteiger partial charge in [-0.15, -0.1) is 0 Å². The van der Waals surface area contributed by atoms with E-state index in [4.69, 9.17) is 10.5 Å². The Kier molecular flexibility index (Phi) is 3.50. The summed E-state index contributed by atoms with van der Waals surface area (Å²) < 4.78 is 5.62. The summed E-state index contributed by atoms with van der Waals surface area (Å²) in [6.07, 6.45) is 2.82. The van der Waals surface area contributed by atoms with E-state index in [1.807, 2.05) is 11.8 Å². The second kappa shape index (κ2) is 4.72. The van der Waals surface area contributed by atoms with Gasteiger partial charge in [0.05, 0.1) is 6.10 Å². The fourth-order valence-corrected chi connectivity index (χ4v) is 2.55. The first kappa shape index (κ1) is 11.9. The number of likely N-dealkylation sites (tertiary alicyclic amines) is 1. The number of piperidine rings is 1. The highest BCUT2D eigenvalue weighted by molar-refractivity contribution is 5.81. The van der Waals surface area contributed by atoms with Crippen molar-refractivity contribution in [2.75, 3.05) is 13.1 Å². The van der Waals surface area contributed by atoms with Crippen LogP contribution in [-0.2, 0) is 9.53 Å². The molecular weight excluding hydrogens is 204 g/mol. The average molecular weight is 226 g/mol. The zero-order chi connectivity index (χ0) is 11.7. The van der Waals surface area contributed by atoms with Gasteiger partial charge in [0, 0.05) is 19.1 Å². The molecule has 1 amide bonds. The molecule has 92 valence electrons. The van der Waals surface area contributed by atoms with Gasteiger partial charge in [0.25, 0.3) is 5.91 Å². The third-order valence-corrected chi connectivity index (χ3v) is 3.79. The normalized spacial score (nSPS) is 40.1. The monoisotopic (exact) mass is 226 g/mol. The lowest BCUT2D eigenvalue weighted by molar-refractivity contribution is -0.144. The van der Waals surface area contributed by atoms with Crippen LogP contribution >= 0.6 is 0 Å². The van der Waals surface area contributed by atoms with E-state index in [9.17, 15) is 4.79 Å². The number of rotatable bonds is 1. The quantitative estimate of drug-likeness (QED) is 0.718. The lowest BCUT2D eigenvalue weighted by Gasteiger charge is -2.36. The van der Waals surface area contributed by atoms with Gasteiger partial charge in [-0.2, -0.15) is 0 Å². The minimum Gasteiger partial charge on any atom is -0.365 e. The lowest BCUT2D eigenvalue weighted by atomic mass is 9.94. The first-order valence-electron chi connectivity index (χ1n) is 6.27. The fraction of sp³-hybridized carbons (Fsp3) is 0.917. The van der Waals surface area contributed by atoms with E-state index in [1.54, 1.807) is 0 Å². The minimum absolute atomic E-state index is 0.170. The molecule has 2 aliphatic heterocycles. The highest BCUT2D eigenvalue weighted by atomic mass is 16.5. The van der Waals surface area contributed by atoms with Crippen molar-refractivity contribution >= 4 is 5.91 Å². The van der Waals surface area contributed by atoms with Crippen LogP contribution in [0.3, 0.4) is 0 Å². The molecule has 16 heavy (non-hydrogen) atoms. The van der Waals surface area contributed by atoms with Crippen molar-refractivity contribution in [1.82, 2.24) is 4.90 Å². The second-order valence-corrected chi connectivity index (χ2v) is 5.23. The summed E-state index contributed by atoms with van der Waals surface area (Å²) in [5, 5.41) is 0. The molecule has 2 fully saturated rings. The number of hydrogen-bond donors (Lipinski definition) is 1. The van der Waals surface area contributed by atoms with Gasteiger partial charge in [0.15, 0.2) is 0 Å². The second-order valence-electron chi connectivity index (χ2n) is 5.23. The summed E-state index contributed by atoms with van der Waals surface area (Å²) in [5.41, 5.74) is 5.95. The zero-order valence-corrected chi connectivity index (χ0v) is 10.2. The molecule has 2 rings (SSSR count). The largest absolute Gasteiger partial charge is 0.365 e. The molecule has 4 unspecified atom stereocenters. The molecule has 2 heterocycles. The Morgan fingerprint density at radius 2 is 2.06 bits per heavy atom. The van der Waals surface area contributed by atoms with Crippen LogP contribution in [0.2, 0.25) is 0 Å². The van der Waals surface area contributed by atoms with Crippen molar-refractivity contribution in [2.24, 2.45) is 11.7 Å². The van der Waals surface area contributed by atoms with Gasteiger partial charge in [-0.1, -0.05) is 6.92 Å². The van der Waals surface area contributed by atoms with Crippen molar-refractivity contribution in [1.29, 1.82) is 0 Å². The van der Waals surface area contributed by atoms with E-state index < -0.39 is 0 Å². The topological polar surface area (TPSA) is 55.6 Å². The molecule has 0 saturated carbocycles. The molecule has 0 aromatic carbocycles. The van der Waals surface area contributed by atoms with E-state index in [0.717, 1.165) is 32.4 Å². The molecule has 2 saturated heterocycles. The number of carbonyl (C=O) groups is 1. The highest BCUT2D eigenvalue weighted by Gasteiger charge is 2.34. The molecule has 0 radical (unpaired) electrons. The van der Waals surface area contributed by atoms with Gasteiger partial charge in [-0.3, -0.25) is 4.79 Å². The van der Waals surface area contributed by atoms with E-state index in [2.05, 4.69) is 6.92 Å². The number of nitrogens with zero attached hydrogens (tertiary/aromatic N) is 1. The van der Waals surface area contributed by atoms with Crippen LogP contribution in [0.5, 0.6) is 0 Å². The Bertz CT molecular complexity index is 270. The number of nitrogens with two attached hydrogens (primary N) is 1. The number of carbonyl (C=O) groups excluding carboxylic acids is 1. The molecule has 0 aromatic rings. The third-order valence-electron chi connectivity index (χ3n) is 3.79. The maximum Gasteiger partial charge on any atom is 0.251 e. The number of ether oxygens (including phenoxy) is 1. The number of hydrogen-bond acceptors (Lipinski definition) is 3. The van der Waals surface area contributed by atoms with Gasteiger partial charge in [0.2, 0.25) is 0 Å². The van der Waals surface area contributed by atoms with E-state index in [1.165, 1.54) is 0 Å². The average Bonchev–Trinajstić information content (AvgIpc) is 2.68. The molecule has 4 heteroatoms. The van der Waals surface area contributed by atoms with Crippen LogP contribution in [0, 0.1) is 5.92 Å². The van der Waals surface area contributed by atoms with Gasteiger partial charge in [0.1, 0.15) is 6.10 Å². The standard InChI is InChI=1S/C12H22N2O2/c1-8-7-14(6-5-10(8)13)12(15)11-4-3-9(2)16-11/h8-11H,3-7,13H2,1-2H3. The van der Waals surface area contributed by atoms with Crippen LogP contribution in [-0.4, -0.2) is 42.1 Å². The molecule has 4 nitrogen and oxygen atoms in total. The molecule has 2 aliphatic rings. The van der Waals surface area contributed by atoms with Crippen LogP contribution in [0.4, 0.5) is 0 Å². The van der Waals surface area contributed by atoms with Gasteiger partial charge < -0.3 is 15.4 Å². The van der Waals surface area contributed by atoms with Gasteiger partial charge in [-0.05, 0) is 32.1 Å². The Morgan fingerprint density at radius 3 is 2.62 bits per heavy atom. The van der Waals surface area contributed by atoms with Crippen molar-refractivity contribution in [3.05, 3.63) is 0 Å². The van der Waals surface area contributed by atoms with Gasteiger partial charge >= 0.3 is 0 Å². The predicted molar refractivity (Wildman–Crippen MR) is 61.9 cm³/mol. The van der Waals surface area contributed by atoms with E-state index in [-0.39, 0.29) is 24.2 Å². The molecule has 4 atom stereocenters. The van der Waals surface area contributed by atoms with Crippen molar-refractivity contribution in [3.63, 3.8) is 0 Å². The minimum atomic E-state index is -0.198. The molecule has 2 N–H and O–H groups in total. The fourth-order valence-electron chi connectivity index (χ4n) is 2.55. The summed E-state index contributed by atoms with van der Waals surface area (Å²) in [7, 11) is 0. The Morgan fingerprint density at radius 1 is 1.31 bits per heavy atom.